The van der Waals surface area contributed by atoms with Crippen molar-refractivity contribution in [2.75, 3.05) is 9.80 Å². The zero-order chi connectivity index (χ0) is 51.3. The van der Waals surface area contributed by atoms with Gasteiger partial charge >= 0.3 is 0 Å². The lowest BCUT2D eigenvalue weighted by atomic mass is 9.33. The minimum Gasteiger partial charge on any atom is -0.311 e. The zero-order valence-corrected chi connectivity index (χ0v) is 37.8. The van der Waals surface area contributed by atoms with Crippen LogP contribution >= 0.6 is 0 Å². The minimum atomic E-state index is -3.17. The third-order valence-corrected chi connectivity index (χ3v) is 18.0. The Balaban J connectivity index is 1.39. The summed E-state index contributed by atoms with van der Waals surface area (Å²) in [6.07, 6.45) is 0. The third-order valence-electron chi connectivity index (χ3n) is 13.2. The molecule has 2 aliphatic rings. The fraction of sp³-hybridized carbons (Fsp3) is 0.186. The van der Waals surface area contributed by atoms with Crippen LogP contribution in [0.4, 0.5) is 34.1 Å². The summed E-state index contributed by atoms with van der Waals surface area (Å²) in [5.41, 5.74) is 8.33. The number of hydrogen-bond donors (Lipinski definition) is 0. The summed E-state index contributed by atoms with van der Waals surface area (Å²) in [4.78, 5) is 4.07. The second-order valence-electron chi connectivity index (χ2n) is 19.2. The largest absolute Gasteiger partial charge is 0.311 e. The Hall–Kier alpha value is -6.36. The lowest BCUT2D eigenvalue weighted by Gasteiger charge is -2.45. The molecule has 0 amide bonds. The number of nitrogens with zero attached hydrogens (tertiary/aromatic N) is 2. The van der Waals surface area contributed by atoms with Crippen molar-refractivity contribution in [2.24, 2.45) is 0 Å². The molecule has 0 aliphatic carbocycles. The average Bonchev–Trinajstić information content (AvgIpc) is 3.33. The van der Waals surface area contributed by atoms with E-state index in [0.29, 0.717) is 17.1 Å². The van der Waals surface area contributed by atoms with E-state index in [0.717, 1.165) is 44.1 Å². The minimum absolute atomic E-state index is 0.0874. The zero-order valence-electron chi connectivity index (χ0n) is 45.8. The molecule has 10 rings (SSSR count). The molecule has 0 spiro atoms. The molecule has 8 aromatic rings. The standard InChI is InChI=1S/C59H57BN2Si/c1-40-25-32-52(42(3)35-40)62-54-34-31-49(63(46-19-13-10-14-20-46,47-21-15-11-16-22-47)48-23-17-12-18-24-48)39-51(54)60-50-38-44(59(7,8)9)28-33-53(50)61(55-36-41(2)37-56(62)57(55)60)45-29-26-43(27-30-45)58(4,5)6/h10-39H,1-9H3/i1D3,2D3,3D3. The molecular weight excluding hydrogens is 776 g/mol. The summed E-state index contributed by atoms with van der Waals surface area (Å²) in [5, 5.41) is 4.67. The monoisotopic (exact) mass is 841 g/mol. The van der Waals surface area contributed by atoms with E-state index in [-0.39, 0.29) is 33.2 Å². The number of fused-ring (bicyclic) bond motifs is 4. The molecule has 2 nitrogen and oxygen atoms in total. The van der Waals surface area contributed by atoms with Crippen LogP contribution in [0.15, 0.2) is 182 Å². The van der Waals surface area contributed by atoms with E-state index in [1.54, 1.807) is 18.2 Å². The van der Waals surface area contributed by atoms with E-state index in [4.69, 9.17) is 12.3 Å². The molecular formula is C59H57BN2Si. The van der Waals surface area contributed by atoms with Crippen molar-refractivity contribution in [3.63, 3.8) is 0 Å². The van der Waals surface area contributed by atoms with Crippen LogP contribution in [-0.4, -0.2) is 14.8 Å². The molecule has 8 aromatic carbocycles. The molecule has 0 saturated carbocycles. The van der Waals surface area contributed by atoms with Crippen molar-refractivity contribution in [3.8, 4) is 0 Å². The number of benzene rings is 8. The predicted octanol–water partition coefficient (Wildman–Crippen LogP) is 10.7. The van der Waals surface area contributed by atoms with Gasteiger partial charge in [0.15, 0.2) is 8.07 Å². The van der Waals surface area contributed by atoms with E-state index in [1.807, 2.05) is 23.1 Å². The first-order chi connectivity index (χ1) is 33.9. The van der Waals surface area contributed by atoms with Crippen molar-refractivity contribution in [1.29, 1.82) is 0 Å². The maximum Gasteiger partial charge on any atom is 0.252 e. The molecule has 0 bridgehead atoms. The summed E-state index contributed by atoms with van der Waals surface area (Å²) >= 11 is 0. The number of aryl methyl sites for hydroxylation is 3. The molecule has 0 N–H and O–H groups in total. The van der Waals surface area contributed by atoms with Crippen LogP contribution in [0.1, 0.15) is 81.7 Å². The first-order valence-corrected chi connectivity index (χ1v) is 23.9. The van der Waals surface area contributed by atoms with Crippen LogP contribution in [0.5, 0.6) is 0 Å². The third kappa shape index (κ3) is 6.70. The molecule has 0 saturated heterocycles. The smallest absolute Gasteiger partial charge is 0.252 e. The first-order valence-electron chi connectivity index (χ1n) is 26.4. The Morgan fingerprint density at radius 2 is 0.921 bits per heavy atom. The van der Waals surface area contributed by atoms with Gasteiger partial charge in [0.25, 0.3) is 6.71 Å². The maximum atomic E-state index is 8.99. The van der Waals surface area contributed by atoms with Crippen LogP contribution in [0.3, 0.4) is 0 Å². The molecule has 0 radical (unpaired) electrons. The Bertz CT molecular complexity index is 3240. The average molecular weight is 842 g/mol. The highest BCUT2D eigenvalue weighted by atomic mass is 28.3. The van der Waals surface area contributed by atoms with Crippen LogP contribution < -0.4 is 46.9 Å². The van der Waals surface area contributed by atoms with Crippen molar-refractivity contribution < 1.29 is 12.3 Å². The van der Waals surface area contributed by atoms with Gasteiger partial charge < -0.3 is 9.80 Å². The van der Waals surface area contributed by atoms with Crippen molar-refractivity contribution in [2.45, 2.75) is 72.9 Å². The van der Waals surface area contributed by atoms with Crippen molar-refractivity contribution in [1.82, 2.24) is 0 Å². The number of hydrogen-bond acceptors (Lipinski definition) is 2. The summed E-state index contributed by atoms with van der Waals surface area (Å²) in [6, 6.07) is 61.6. The number of rotatable bonds is 6. The Morgan fingerprint density at radius 1 is 0.413 bits per heavy atom. The molecule has 4 heteroatoms. The van der Waals surface area contributed by atoms with Gasteiger partial charge in [-0.15, -0.1) is 0 Å². The van der Waals surface area contributed by atoms with Gasteiger partial charge in [-0.05, 0) is 133 Å². The molecule has 0 atom stereocenters. The van der Waals surface area contributed by atoms with Crippen LogP contribution in [0.2, 0.25) is 0 Å². The highest BCUT2D eigenvalue weighted by Gasteiger charge is 2.47. The van der Waals surface area contributed by atoms with Crippen molar-refractivity contribution in [3.05, 3.63) is 210 Å². The van der Waals surface area contributed by atoms with Crippen LogP contribution in [0.25, 0.3) is 0 Å². The molecule has 2 heterocycles. The second kappa shape index (κ2) is 15.2. The molecule has 0 fully saturated rings. The lowest BCUT2D eigenvalue weighted by molar-refractivity contribution is 0.590. The van der Waals surface area contributed by atoms with E-state index in [2.05, 4.69) is 180 Å². The highest BCUT2D eigenvalue weighted by molar-refractivity contribution is 7.20. The van der Waals surface area contributed by atoms with Gasteiger partial charge in [0.2, 0.25) is 0 Å². The highest BCUT2D eigenvalue weighted by Crippen LogP contribution is 2.46. The SMILES string of the molecule is [2H]C([2H])([2H])c1cc2c3c(c1)N(c1ccc(C([2H])([2H])[2H])cc1C([2H])([2H])[2H])c1ccc([Si](c4ccccc4)(c4ccccc4)c4ccccc4)cc1B3c1cc(C(C)(C)C)ccc1N2c1ccc(C(C)(C)C)cc1. The molecule has 63 heavy (non-hydrogen) atoms. The topological polar surface area (TPSA) is 6.48 Å². The van der Waals surface area contributed by atoms with E-state index in [1.165, 1.54) is 27.7 Å². The summed E-state index contributed by atoms with van der Waals surface area (Å²) in [6.45, 7) is 4.75. The summed E-state index contributed by atoms with van der Waals surface area (Å²) in [5.74, 6) is 0. The maximum absolute atomic E-state index is 8.99. The van der Waals surface area contributed by atoms with Gasteiger partial charge in [-0.25, -0.2) is 0 Å². The fourth-order valence-corrected chi connectivity index (χ4v) is 14.9. The van der Waals surface area contributed by atoms with E-state index < -0.39 is 35.3 Å². The Labute approximate surface area is 389 Å². The van der Waals surface area contributed by atoms with Gasteiger partial charge in [-0.1, -0.05) is 187 Å². The normalized spacial score (nSPS) is 16.1. The Kier molecular flexibility index (Phi) is 7.58. The van der Waals surface area contributed by atoms with E-state index >= 15 is 0 Å². The first kappa shape index (κ1) is 31.5. The Morgan fingerprint density at radius 3 is 1.48 bits per heavy atom. The molecule has 0 aromatic heterocycles. The van der Waals surface area contributed by atoms with Crippen molar-refractivity contribution >= 4 is 86.0 Å². The van der Waals surface area contributed by atoms with E-state index in [9.17, 15) is 0 Å². The fourth-order valence-electron chi connectivity index (χ4n) is 10.1. The van der Waals surface area contributed by atoms with Gasteiger partial charge in [-0.3, -0.25) is 0 Å². The summed E-state index contributed by atoms with van der Waals surface area (Å²) < 4.78 is 79.0. The molecule has 310 valence electrons. The predicted molar refractivity (Wildman–Crippen MR) is 276 cm³/mol. The quantitative estimate of drug-likeness (QED) is 0.122. The van der Waals surface area contributed by atoms with Crippen LogP contribution in [0, 0.1) is 20.6 Å². The van der Waals surface area contributed by atoms with Gasteiger partial charge in [0, 0.05) is 46.5 Å². The summed E-state index contributed by atoms with van der Waals surface area (Å²) in [7, 11) is -3.17. The van der Waals surface area contributed by atoms with Gasteiger partial charge in [0.05, 0.1) is 0 Å². The van der Waals surface area contributed by atoms with Gasteiger partial charge in [-0.2, -0.15) is 0 Å². The lowest BCUT2D eigenvalue weighted by Crippen LogP contribution is -2.75. The molecule has 0 unspecified atom stereocenters. The molecule has 2 aliphatic heterocycles. The second-order valence-corrected chi connectivity index (χ2v) is 23.0. The number of anilines is 6. The van der Waals surface area contributed by atoms with Crippen LogP contribution in [-0.2, 0) is 10.8 Å². The van der Waals surface area contributed by atoms with Gasteiger partial charge in [0.1, 0.15) is 0 Å².